The number of carbonyl (C=O) groups is 1. The van der Waals surface area contributed by atoms with Gasteiger partial charge in [-0.3, -0.25) is 4.79 Å². The lowest BCUT2D eigenvalue weighted by Gasteiger charge is -2.31. The summed E-state index contributed by atoms with van der Waals surface area (Å²) in [5, 5.41) is 0. The molecular weight excluding hydrogens is 286 g/mol. The number of anilines is 1. The van der Waals surface area contributed by atoms with Crippen LogP contribution in [0.15, 0.2) is 17.1 Å². The smallest absolute Gasteiger partial charge is 0.308 e. The van der Waals surface area contributed by atoms with Crippen molar-refractivity contribution >= 4 is 27.6 Å². The van der Waals surface area contributed by atoms with Crippen molar-refractivity contribution in [1.82, 2.24) is 9.97 Å². The van der Waals surface area contributed by atoms with Crippen molar-refractivity contribution in [1.29, 1.82) is 0 Å². The molecule has 1 saturated heterocycles. The third-order valence-corrected chi connectivity index (χ3v) is 3.41. The fraction of sp³-hybridized carbons (Fsp3) is 0.545. The highest BCUT2D eigenvalue weighted by Crippen LogP contribution is 2.23. The average Bonchev–Trinajstić information content (AvgIpc) is 2.39. The van der Waals surface area contributed by atoms with Gasteiger partial charge in [0.05, 0.1) is 31.1 Å². The molecule has 0 amide bonds. The van der Waals surface area contributed by atoms with Crippen LogP contribution < -0.4 is 4.90 Å². The Morgan fingerprint density at radius 1 is 1.41 bits per heavy atom. The second-order valence-electron chi connectivity index (χ2n) is 3.99. The third-order valence-electron chi connectivity index (χ3n) is 3.00. The van der Waals surface area contributed by atoms with E-state index in [9.17, 15) is 4.79 Å². The van der Waals surface area contributed by atoms with Crippen molar-refractivity contribution < 1.29 is 9.53 Å². The summed E-state index contributed by atoms with van der Waals surface area (Å²) >= 11 is 3.21. The molecule has 0 radical (unpaired) electrons. The molecule has 1 aliphatic heterocycles. The fourth-order valence-corrected chi connectivity index (χ4v) is 2.21. The summed E-state index contributed by atoms with van der Waals surface area (Å²) in [6, 6.07) is 0. The van der Waals surface area contributed by atoms with Gasteiger partial charge in [0, 0.05) is 13.1 Å². The van der Waals surface area contributed by atoms with Gasteiger partial charge in [-0.15, -0.1) is 0 Å². The Bertz CT molecular complexity index is 388. The zero-order valence-corrected chi connectivity index (χ0v) is 11.2. The number of halogens is 1. The van der Waals surface area contributed by atoms with E-state index >= 15 is 0 Å². The molecule has 0 atom stereocenters. The van der Waals surface area contributed by atoms with Gasteiger partial charge < -0.3 is 9.64 Å². The topological polar surface area (TPSA) is 55.3 Å². The van der Waals surface area contributed by atoms with E-state index in [0.29, 0.717) is 4.73 Å². The van der Waals surface area contributed by atoms with Gasteiger partial charge in [0.25, 0.3) is 0 Å². The van der Waals surface area contributed by atoms with Crippen molar-refractivity contribution in [2.75, 3.05) is 25.1 Å². The number of aromatic nitrogens is 2. The van der Waals surface area contributed by atoms with Crippen LogP contribution in [0.5, 0.6) is 0 Å². The van der Waals surface area contributed by atoms with Crippen molar-refractivity contribution in [2.24, 2.45) is 5.92 Å². The van der Waals surface area contributed by atoms with E-state index in [2.05, 4.69) is 30.8 Å². The highest BCUT2D eigenvalue weighted by atomic mass is 79.9. The SMILES string of the molecule is COC(=O)C1CCN(c2cnc(Br)nc2)CC1. The van der Waals surface area contributed by atoms with Crippen LogP contribution in [0.1, 0.15) is 12.8 Å². The molecule has 0 N–H and O–H groups in total. The summed E-state index contributed by atoms with van der Waals surface area (Å²) in [6.45, 7) is 1.68. The van der Waals surface area contributed by atoms with E-state index in [-0.39, 0.29) is 11.9 Å². The molecule has 92 valence electrons. The zero-order valence-electron chi connectivity index (χ0n) is 9.60. The molecule has 2 heterocycles. The summed E-state index contributed by atoms with van der Waals surface area (Å²) in [5.41, 5.74) is 0.997. The Kier molecular flexibility index (Phi) is 3.93. The van der Waals surface area contributed by atoms with Crippen molar-refractivity contribution in [3.8, 4) is 0 Å². The summed E-state index contributed by atoms with van der Waals surface area (Å²) in [6.07, 6.45) is 5.22. The van der Waals surface area contributed by atoms with E-state index in [4.69, 9.17) is 4.74 Å². The lowest BCUT2D eigenvalue weighted by atomic mass is 9.97. The van der Waals surface area contributed by atoms with Gasteiger partial charge in [-0.1, -0.05) is 0 Å². The number of nitrogens with zero attached hydrogens (tertiary/aromatic N) is 3. The van der Waals surface area contributed by atoms with Crippen LogP contribution in [0, 0.1) is 5.92 Å². The summed E-state index contributed by atoms with van der Waals surface area (Å²) < 4.78 is 5.35. The maximum Gasteiger partial charge on any atom is 0.308 e. The van der Waals surface area contributed by atoms with Gasteiger partial charge in [-0.05, 0) is 28.8 Å². The molecule has 2 rings (SSSR count). The minimum atomic E-state index is -0.100. The molecule has 6 heteroatoms. The summed E-state index contributed by atoms with van der Waals surface area (Å²) in [5.74, 6) is -0.0654. The molecule has 1 fully saturated rings. The highest BCUT2D eigenvalue weighted by Gasteiger charge is 2.25. The van der Waals surface area contributed by atoms with Crippen LogP contribution >= 0.6 is 15.9 Å². The first-order chi connectivity index (χ1) is 8.20. The number of piperidine rings is 1. The molecule has 0 aliphatic carbocycles. The first kappa shape index (κ1) is 12.3. The maximum atomic E-state index is 11.4. The van der Waals surface area contributed by atoms with Gasteiger partial charge in [-0.25, -0.2) is 9.97 Å². The Morgan fingerprint density at radius 3 is 2.53 bits per heavy atom. The summed E-state index contributed by atoms with van der Waals surface area (Å²) in [4.78, 5) is 21.8. The van der Waals surface area contributed by atoms with Crippen LogP contribution in [0.25, 0.3) is 0 Å². The second kappa shape index (κ2) is 5.44. The minimum Gasteiger partial charge on any atom is -0.469 e. The number of ether oxygens (including phenoxy) is 1. The molecule has 1 aliphatic rings. The van der Waals surface area contributed by atoms with E-state index in [1.54, 1.807) is 12.4 Å². The Morgan fingerprint density at radius 2 is 2.00 bits per heavy atom. The van der Waals surface area contributed by atoms with E-state index < -0.39 is 0 Å². The Balaban J connectivity index is 1.95. The first-order valence-corrected chi connectivity index (χ1v) is 6.30. The molecule has 0 bridgehead atoms. The molecule has 1 aromatic rings. The molecule has 0 aromatic carbocycles. The van der Waals surface area contributed by atoms with Crippen molar-refractivity contribution in [3.05, 3.63) is 17.1 Å². The summed E-state index contributed by atoms with van der Waals surface area (Å²) in [7, 11) is 1.44. The predicted molar refractivity (Wildman–Crippen MR) is 66.7 cm³/mol. The Hall–Kier alpha value is -1.17. The number of hydrogen-bond acceptors (Lipinski definition) is 5. The van der Waals surface area contributed by atoms with Gasteiger partial charge in [-0.2, -0.15) is 0 Å². The molecule has 5 nitrogen and oxygen atoms in total. The highest BCUT2D eigenvalue weighted by molar-refractivity contribution is 9.10. The van der Waals surface area contributed by atoms with E-state index in [0.717, 1.165) is 31.6 Å². The lowest BCUT2D eigenvalue weighted by Crippen LogP contribution is -2.36. The van der Waals surface area contributed by atoms with Crippen LogP contribution in [-0.4, -0.2) is 36.1 Å². The minimum absolute atomic E-state index is 0.0348. The standard InChI is InChI=1S/C11H14BrN3O2/c1-17-10(16)8-2-4-15(5-3-8)9-6-13-11(12)14-7-9/h6-8H,2-5H2,1H3. The normalized spacial score (nSPS) is 16.9. The second-order valence-corrected chi connectivity index (χ2v) is 4.70. The molecule has 17 heavy (non-hydrogen) atoms. The number of hydrogen-bond donors (Lipinski definition) is 0. The van der Waals surface area contributed by atoms with Gasteiger partial charge in [0.2, 0.25) is 0 Å². The maximum absolute atomic E-state index is 11.4. The quantitative estimate of drug-likeness (QED) is 0.614. The first-order valence-electron chi connectivity index (χ1n) is 5.51. The van der Waals surface area contributed by atoms with Crippen LogP contribution in [0.2, 0.25) is 0 Å². The molecule has 0 spiro atoms. The van der Waals surface area contributed by atoms with Crippen molar-refractivity contribution in [2.45, 2.75) is 12.8 Å². The third kappa shape index (κ3) is 2.94. The predicted octanol–water partition coefficient (Wildman–Crippen LogP) is 1.63. The average molecular weight is 300 g/mol. The van der Waals surface area contributed by atoms with Crippen LogP contribution in [0.4, 0.5) is 5.69 Å². The van der Waals surface area contributed by atoms with Gasteiger partial charge in [0.1, 0.15) is 0 Å². The monoisotopic (exact) mass is 299 g/mol. The van der Waals surface area contributed by atoms with Crippen LogP contribution in [0.3, 0.4) is 0 Å². The molecule has 1 aromatic heterocycles. The molecule has 0 unspecified atom stereocenters. The van der Waals surface area contributed by atoms with E-state index in [1.165, 1.54) is 7.11 Å². The molecule has 0 saturated carbocycles. The van der Waals surface area contributed by atoms with Crippen molar-refractivity contribution in [3.63, 3.8) is 0 Å². The largest absolute Gasteiger partial charge is 0.469 e. The number of carbonyl (C=O) groups excluding carboxylic acids is 1. The number of rotatable bonds is 2. The van der Waals surface area contributed by atoms with Gasteiger partial charge in [0.15, 0.2) is 4.73 Å². The molecular formula is C11H14BrN3O2. The van der Waals surface area contributed by atoms with E-state index in [1.807, 2.05) is 0 Å². The van der Waals surface area contributed by atoms with Gasteiger partial charge >= 0.3 is 5.97 Å². The number of esters is 1. The number of methoxy groups -OCH3 is 1. The fourth-order valence-electron chi connectivity index (χ4n) is 2.01. The zero-order chi connectivity index (χ0) is 12.3. The Labute approximate surface area is 108 Å². The van der Waals surface area contributed by atoms with Crippen LogP contribution in [-0.2, 0) is 9.53 Å². The lowest BCUT2D eigenvalue weighted by molar-refractivity contribution is -0.146.